The van der Waals surface area contributed by atoms with E-state index in [0.29, 0.717) is 11.1 Å². The molecule has 0 spiro atoms. The lowest BCUT2D eigenvalue weighted by atomic mass is 9.91. The fourth-order valence-corrected chi connectivity index (χ4v) is 2.33. The molecule has 1 N–H and O–H groups in total. The molecule has 0 bridgehead atoms. The predicted octanol–water partition coefficient (Wildman–Crippen LogP) is 2.25. The quantitative estimate of drug-likeness (QED) is 0.682. The Bertz CT molecular complexity index is 651. The first-order valence-electron chi connectivity index (χ1n) is 6.22. The maximum absolute atomic E-state index is 12.3. The van der Waals surface area contributed by atoms with Crippen LogP contribution in [0.2, 0.25) is 0 Å². The number of aliphatic carboxylic acids is 1. The van der Waals surface area contributed by atoms with E-state index in [-0.39, 0.29) is 5.78 Å². The third-order valence-corrected chi connectivity index (χ3v) is 3.43. The molecule has 1 heterocycles. The highest BCUT2D eigenvalue weighted by Crippen LogP contribution is 2.48. The monoisotopic (exact) mass is 268 g/mol. The largest absolute Gasteiger partial charge is 0.479 e. The Kier molecular flexibility index (Phi) is 2.88. The van der Waals surface area contributed by atoms with Crippen LogP contribution in [0.1, 0.15) is 15.9 Å². The Labute approximate surface area is 115 Å². The number of ether oxygens (including phenoxy) is 1. The molecular formula is C16H12O4. The average Bonchev–Trinajstić information content (AvgIpc) is 3.25. The maximum Gasteiger partial charge on any atom is 0.344 e. The van der Waals surface area contributed by atoms with E-state index in [1.165, 1.54) is 0 Å². The number of carbonyl (C=O) groups is 2. The van der Waals surface area contributed by atoms with Crippen molar-refractivity contribution in [3.8, 4) is 0 Å². The van der Waals surface area contributed by atoms with Gasteiger partial charge < -0.3 is 9.84 Å². The summed E-state index contributed by atoms with van der Waals surface area (Å²) >= 11 is 0. The fraction of sp³-hybridized carbons (Fsp3) is 0.125. The molecule has 3 rings (SSSR count). The molecule has 4 nitrogen and oxygen atoms in total. The number of benzene rings is 2. The van der Waals surface area contributed by atoms with Gasteiger partial charge in [0.05, 0.1) is 0 Å². The van der Waals surface area contributed by atoms with Gasteiger partial charge in [0.15, 0.2) is 11.9 Å². The van der Waals surface area contributed by atoms with Gasteiger partial charge in [0.25, 0.3) is 0 Å². The molecular weight excluding hydrogens is 256 g/mol. The van der Waals surface area contributed by atoms with Crippen LogP contribution in [0.4, 0.5) is 0 Å². The molecule has 4 heteroatoms. The van der Waals surface area contributed by atoms with Crippen LogP contribution >= 0.6 is 0 Å². The number of carbonyl (C=O) groups excluding carboxylic acids is 1. The van der Waals surface area contributed by atoms with Gasteiger partial charge in [-0.2, -0.15) is 0 Å². The number of carboxylic acid groups (broad SMARTS) is 1. The first kappa shape index (κ1) is 12.6. The van der Waals surface area contributed by atoms with Crippen molar-refractivity contribution < 1.29 is 19.4 Å². The van der Waals surface area contributed by atoms with E-state index in [1.54, 1.807) is 60.7 Å². The molecule has 2 aromatic rings. The molecule has 0 radical (unpaired) electrons. The highest BCUT2D eigenvalue weighted by Gasteiger charge is 2.67. The highest BCUT2D eigenvalue weighted by molar-refractivity contribution is 6.06. The van der Waals surface area contributed by atoms with Crippen LogP contribution in [0, 0.1) is 0 Å². The van der Waals surface area contributed by atoms with Crippen molar-refractivity contribution in [1.82, 2.24) is 0 Å². The smallest absolute Gasteiger partial charge is 0.344 e. The average molecular weight is 268 g/mol. The molecule has 2 atom stereocenters. The summed E-state index contributed by atoms with van der Waals surface area (Å²) in [4.78, 5) is 23.9. The van der Waals surface area contributed by atoms with E-state index >= 15 is 0 Å². The molecule has 100 valence electrons. The summed E-state index contributed by atoms with van der Waals surface area (Å²) in [5, 5.41) is 9.45. The zero-order valence-electron chi connectivity index (χ0n) is 10.5. The van der Waals surface area contributed by atoms with Gasteiger partial charge in [0, 0.05) is 5.56 Å². The second kappa shape index (κ2) is 4.58. The first-order valence-corrected chi connectivity index (χ1v) is 6.22. The second-order valence-corrected chi connectivity index (χ2v) is 4.63. The summed E-state index contributed by atoms with van der Waals surface area (Å²) in [7, 11) is 0. The molecule has 0 aliphatic carbocycles. The lowest BCUT2D eigenvalue weighted by Crippen LogP contribution is -2.28. The SMILES string of the molecule is O=C(c1ccccc1)[C@@H]1O[C@]1(C(=O)O)c1ccccc1. The van der Waals surface area contributed by atoms with E-state index in [0.717, 1.165) is 0 Å². The Morgan fingerprint density at radius 2 is 1.50 bits per heavy atom. The maximum atomic E-state index is 12.3. The summed E-state index contributed by atoms with van der Waals surface area (Å²) in [6, 6.07) is 17.1. The second-order valence-electron chi connectivity index (χ2n) is 4.63. The zero-order valence-corrected chi connectivity index (χ0v) is 10.5. The van der Waals surface area contributed by atoms with Gasteiger partial charge in [-0.05, 0) is 5.56 Å². The minimum absolute atomic E-state index is 0.308. The standard InChI is InChI=1S/C16H12O4/c17-13(11-7-3-1-4-8-11)14-16(20-14,15(18)19)12-9-5-2-6-10-12/h1-10,14H,(H,18,19)/t14-,16+/m0/s1. The number of hydrogen-bond acceptors (Lipinski definition) is 3. The molecule has 1 aliphatic heterocycles. The van der Waals surface area contributed by atoms with Gasteiger partial charge >= 0.3 is 5.97 Å². The van der Waals surface area contributed by atoms with Gasteiger partial charge in [0.1, 0.15) is 0 Å². The molecule has 1 saturated heterocycles. The topological polar surface area (TPSA) is 66.9 Å². The predicted molar refractivity (Wildman–Crippen MR) is 71.4 cm³/mol. The van der Waals surface area contributed by atoms with Crippen LogP contribution in [0.15, 0.2) is 60.7 Å². The van der Waals surface area contributed by atoms with Crippen molar-refractivity contribution in [2.45, 2.75) is 11.7 Å². The van der Waals surface area contributed by atoms with Crippen LogP contribution in [-0.2, 0) is 15.1 Å². The Hall–Kier alpha value is -2.46. The van der Waals surface area contributed by atoms with Crippen molar-refractivity contribution in [3.63, 3.8) is 0 Å². The lowest BCUT2D eigenvalue weighted by molar-refractivity contribution is -0.143. The molecule has 0 aromatic heterocycles. The van der Waals surface area contributed by atoms with Crippen molar-refractivity contribution >= 4 is 11.8 Å². The molecule has 20 heavy (non-hydrogen) atoms. The van der Waals surface area contributed by atoms with Crippen molar-refractivity contribution in [3.05, 3.63) is 71.8 Å². The summed E-state index contributed by atoms with van der Waals surface area (Å²) in [5.41, 5.74) is -0.605. The van der Waals surface area contributed by atoms with Crippen LogP contribution in [-0.4, -0.2) is 23.0 Å². The molecule has 0 saturated carbocycles. The van der Waals surface area contributed by atoms with Gasteiger partial charge in [-0.3, -0.25) is 4.79 Å². The van der Waals surface area contributed by atoms with Crippen LogP contribution in [0.25, 0.3) is 0 Å². The van der Waals surface area contributed by atoms with Crippen LogP contribution in [0.3, 0.4) is 0 Å². The number of Topliss-reactive ketones (excluding diaryl/α,β-unsaturated/α-hetero) is 1. The van der Waals surface area contributed by atoms with E-state index in [4.69, 9.17) is 4.74 Å². The zero-order chi connectivity index (χ0) is 14.2. The van der Waals surface area contributed by atoms with Crippen molar-refractivity contribution in [2.75, 3.05) is 0 Å². The molecule has 0 amide bonds. The number of ketones is 1. The van der Waals surface area contributed by atoms with Gasteiger partial charge in [-0.15, -0.1) is 0 Å². The molecule has 2 aromatic carbocycles. The van der Waals surface area contributed by atoms with Gasteiger partial charge in [-0.25, -0.2) is 4.79 Å². The minimum atomic E-state index is -1.55. The van der Waals surface area contributed by atoms with E-state index in [2.05, 4.69) is 0 Å². The number of carboxylic acids is 1. The third kappa shape index (κ3) is 1.82. The van der Waals surface area contributed by atoms with Crippen LogP contribution < -0.4 is 0 Å². The summed E-state index contributed by atoms with van der Waals surface area (Å²) < 4.78 is 5.32. The highest BCUT2D eigenvalue weighted by atomic mass is 16.6. The molecule has 0 unspecified atom stereocenters. The molecule has 1 aliphatic rings. The van der Waals surface area contributed by atoms with Crippen LogP contribution in [0.5, 0.6) is 0 Å². The Balaban J connectivity index is 1.95. The normalized spacial score (nSPS) is 24.1. The van der Waals surface area contributed by atoms with Gasteiger partial charge in [-0.1, -0.05) is 60.7 Å². The third-order valence-electron chi connectivity index (χ3n) is 3.43. The molecule has 1 fully saturated rings. The number of epoxide rings is 1. The summed E-state index contributed by atoms with van der Waals surface area (Å²) in [5.74, 6) is -1.45. The Morgan fingerprint density at radius 1 is 0.950 bits per heavy atom. The number of hydrogen-bond donors (Lipinski definition) is 1. The number of rotatable bonds is 4. The summed E-state index contributed by atoms with van der Waals surface area (Å²) in [6.45, 7) is 0. The summed E-state index contributed by atoms with van der Waals surface area (Å²) in [6.07, 6.45) is -0.968. The first-order chi connectivity index (χ1) is 9.66. The lowest BCUT2D eigenvalue weighted by Gasteiger charge is -2.07. The minimum Gasteiger partial charge on any atom is -0.479 e. The van der Waals surface area contributed by atoms with E-state index in [1.807, 2.05) is 0 Å². The van der Waals surface area contributed by atoms with E-state index in [9.17, 15) is 14.7 Å². The van der Waals surface area contributed by atoms with Crippen molar-refractivity contribution in [1.29, 1.82) is 0 Å². The van der Waals surface area contributed by atoms with E-state index < -0.39 is 17.7 Å². The Morgan fingerprint density at radius 3 is 2.05 bits per heavy atom. The van der Waals surface area contributed by atoms with Crippen molar-refractivity contribution in [2.24, 2.45) is 0 Å². The fourth-order valence-electron chi connectivity index (χ4n) is 2.33. The van der Waals surface area contributed by atoms with Gasteiger partial charge in [0.2, 0.25) is 5.60 Å².